The normalized spacial score (nSPS) is 16.6. The molecule has 1 aromatic heterocycles. The number of rotatable bonds is 4. The first-order chi connectivity index (χ1) is 13.1. The minimum atomic E-state index is -0.441. The Morgan fingerprint density at radius 1 is 1.22 bits per heavy atom. The Morgan fingerprint density at radius 2 is 2.07 bits per heavy atom. The van der Waals surface area contributed by atoms with E-state index in [1.54, 1.807) is 47.4 Å². The minimum absolute atomic E-state index is 0.1000. The molecule has 0 radical (unpaired) electrons. The number of aromatic nitrogens is 2. The molecule has 1 atom stereocenters. The zero-order valence-electron chi connectivity index (χ0n) is 14.1. The fourth-order valence-corrected chi connectivity index (χ4v) is 3.23. The number of nitrogens with zero attached hydrogens (tertiary/aromatic N) is 3. The van der Waals surface area contributed by atoms with Crippen LogP contribution in [0, 0.1) is 5.92 Å². The molecule has 2 aromatic carbocycles. The first kappa shape index (κ1) is 17.2. The summed E-state index contributed by atoms with van der Waals surface area (Å²) in [4.78, 5) is 26.6. The van der Waals surface area contributed by atoms with Gasteiger partial charge in [0, 0.05) is 34.9 Å². The van der Waals surface area contributed by atoms with Crippen LogP contribution in [0.25, 0.3) is 11.5 Å². The average molecular weight is 383 g/mol. The summed E-state index contributed by atoms with van der Waals surface area (Å²) in [5.41, 5.74) is 2.00. The molecule has 0 bridgehead atoms. The lowest BCUT2D eigenvalue weighted by molar-refractivity contribution is -0.122. The SMILES string of the molecule is O=C(Nc1cccc(-c2nnco2)c1)C1CC(=O)N(c2cccc(Cl)c2)C1. The molecule has 0 aliphatic carbocycles. The number of nitrogens with one attached hydrogen (secondary N) is 1. The average Bonchev–Trinajstić information content (AvgIpc) is 3.32. The maximum Gasteiger partial charge on any atom is 0.247 e. The lowest BCUT2D eigenvalue weighted by atomic mass is 10.1. The predicted molar refractivity (Wildman–Crippen MR) is 100 cm³/mol. The van der Waals surface area contributed by atoms with Gasteiger partial charge >= 0.3 is 0 Å². The Labute approximate surface area is 160 Å². The van der Waals surface area contributed by atoms with Gasteiger partial charge in [0.1, 0.15) is 0 Å². The van der Waals surface area contributed by atoms with Crippen molar-refractivity contribution in [1.82, 2.24) is 10.2 Å². The molecular formula is C19H15ClN4O3. The third-order valence-corrected chi connectivity index (χ3v) is 4.59. The Balaban J connectivity index is 1.46. The second kappa shape index (κ2) is 7.20. The molecular weight excluding hydrogens is 368 g/mol. The number of carbonyl (C=O) groups is 2. The van der Waals surface area contributed by atoms with E-state index in [1.165, 1.54) is 6.39 Å². The van der Waals surface area contributed by atoms with Crippen molar-refractivity contribution in [3.63, 3.8) is 0 Å². The van der Waals surface area contributed by atoms with Crippen LogP contribution in [0.4, 0.5) is 11.4 Å². The summed E-state index contributed by atoms with van der Waals surface area (Å²) in [7, 11) is 0. The summed E-state index contributed by atoms with van der Waals surface area (Å²) in [6.07, 6.45) is 1.40. The quantitative estimate of drug-likeness (QED) is 0.747. The maximum atomic E-state index is 12.6. The van der Waals surface area contributed by atoms with E-state index in [9.17, 15) is 9.59 Å². The highest BCUT2D eigenvalue weighted by molar-refractivity contribution is 6.31. The summed E-state index contributed by atoms with van der Waals surface area (Å²) in [5.74, 6) is -0.384. The van der Waals surface area contributed by atoms with E-state index < -0.39 is 5.92 Å². The van der Waals surface area contributed by atoms with Gasteiger partial charge in [0.25, 0.3) is 0 Å². The Morgan fingerprint density at radius 3 is 2.85 bits per heavy atom. The van der Waals surface area contributed by atoms with E-state index >= 15 is 0 Å². The van der Waals surface area contributed by atoms with Gasteiger partial charge in [0.05, 0.1) is 5.92 Å². The van der Waals surface area contributed by atoms with Gasteiger partial charge in [-0.3, -0.25) is 9.59 Å². The van der Waals surface area contributed by atoms with Crippen molar-refractivity contribution in [1.29, 1.82) is 0 Å². The van der Waals surface area contributed by atoms with Crippen molar-refractivity contribution in [3.05, 3.63) is 59.9 Å². The van der Waals surface area contributed by atoms with E-state index in [0.29, 0.717) is 34.4 Å². The smallest absolute Gasteiger partial charge is 0.247 e. The highest BCUT2D eigenvalue weighted by atomic mass is 35.5. The monoisotopic (exact) mass is 382 g/mol. The standard InChI is InChI=1S/C19H15ClN4O3/c20-14-4-2-6-16(9-14)24-10-13(8-17(24)25)18(26)22-15-5-1-3-12(7-15)19-23-21-11-27-19/h1-7,9,11,13H,8,10H2,(H,22,26). The zero-order chi connectivity index (χ0) is 18.8. The molecule has 0 spiro atoms. The molecule has 4 rings (SSSR count). The summed E-state index contributed by atoms with van der Waals surface area (Å²) in [5, 5.41) is 10.9. The number of halogens is 1. The molecule has 1 aliphatic rings. The van der Waals surface area contributed by atoms with Gasteiger partial charge in [-0.25, -0.2) is 0 Å². The van der Waals surface area contributed by atoms with Gasteiger partial charge in [0.15, 0.2) is 0 Å². The topological polar surface area (TPSA) is 88.3 Å². The largest absolute Gasteiger partial charge is 0.423 e. The molecule has 2 heterocycles. The summed E-state index contributed by atoms with van der Waals surface area (Å²) in [6, 6.07) is 14.1. The molecule has 2 amide bonds. The molecule has 1 saturated heterocycles. The summed E-state index contributed by atoms with van der Waals surface area (Å²) < 4.78 is 5.17. The second-order valence-corrected chi connectivity index (χ2v) is 6.64. The Hall–Kier alpha value is -3.19. The van der Waals surface area contributed by atoms with Gasteiger partial charge in [-0.2, -0.15) is 0 Å². The minimum Gasteiger partial charge on any atom is -0.423 e. The predicted octanol–water partition coefficient (Wildman–Crippen LogP) is 3.38. The molecule has 3 aromatic rings. The van der Waals surface area contributed by atoms with Crippen molar-refractivity contribution in [3.8, 4) is 11.5 Å². The highest BCUT2D eigenvalue weighted by Crippen LogP contribution is 2.28. The lowest BCUT2D eigenvalue weighted by Gasteiger charge is -2.17. The first-order valence-corrected chi connectivity index (χ1v) is 8.71. The molecule has 0 saturated carbocycles. The summed E-state index contributed by atoms with van der Waals surface area (Å²) >= 11 is 6.00. The van der Waals surface area contributed by atoms with Crippen LogP contribution in [0.15, 0.2) is 59.3 Å². The third kappa shape index (κ3) is 3.68. The fraction of sp³-hybridized carbons (Fsp3) is 0.158. The number of benzene rings is 2. The number of hydrogen-bond acceptors (Lipinski definition) is 5. The van der Waals surface area contributed by atoms with Crippen molar-refractivity contribution in [2.75, 3.05) is 16.8 Å². The molecule has 7 nitrogen and oxygen atoms in total. The number of amides is 2. The van der Waals surface area contributed by atoms with Crippen LogP contribution in [0.2, 0.25) is 5.02 Å². The molecule has 1 N–H and O–H groups in total. The molecule has 27 heavy (non-hydrogen) atoms. The van der Waals surface area contributed by atoms with Gasteiger partial charge in [-0.05, 0) is 36.4 Å². The third-order valence-electron chi connectivity index (χ3n) is 4.35. The molecule has 8 heteroatoms. The zero-order valence-corrected chi connectivity index (χ0v) is 14.9. The van der Waals surface area contributed by atoms with E-state index in [0.717, 1.165) is 0 Å². The van der Waals surface area contributed by atoms with Gasteiger partial charge < -0.3 is 14.6 Å². The van der Waals surface area contributed by atoms with E-state index in [-0.39, 0.29) is 18.2 Å². The first-order valence-electron chi connectivity index (χ1n) is 8.33. The van der Waals surface area contributed by atoms with E-state index in [4.69, 9.17) is 16.0 Å². The van der Waals surface area contributed by atoms with Gasteiger partial charge in [-0.15, -0.1) is 10.2 Å². The number of hydrogen-bond donors (Lipinski definition) is 1. The molecule has 1 fully saturated rings. The molecule has 1 aliphatic heterocycles. The Kier molecular flexibility index (Phi) is 4.60. The van der Waals surface area contributed by atoms with Crippen LogP contribution >= 0.6 is 11.6 Å². The summed E-state index contributed by atoms with van der Waals surface area (Å²) in [6.45, 7) is 0.314. The second-order valence-electron chi connectivity index (χ2n) is 6.20. The number of anilines is 2. The van der Waals surface area contributed by atoms with Crippen LogP contribution in [0.1, 0.15) is 6.42 Å². The van der Waals surface area contributed by atoms with Crippen LogP contribution in [0.3, 0.4) is 0 Å². The highest BCUT2D eigenvalue weighted by Gasteiger charge is 2.35. The Bertz CT molecular complexity index is 990. The van der Waals surface area contributed by atoms with Crippen molar-refractivity contribution in [2.45, 2.75) is 6.42 Å². The van der Waals surface area contributed by atoms with Crippen LogP contribution in [-0.2, 0) is 9.59 Å². The van der Waals surface area contributed by atoms with Crippen molar-refractivity contribution in [2.24, 2.45) is 5.92 Å². The van der Waals surface area contributed by atoms with Gasteiger partial charge in [-0.1, -0.05) is 23.7 Å². The number of carbonyl (C=O) groups excluding carboxylic acids is 2. The van der Waals surface area contributed by atoms with E-state index in [2.05, 4.69) is 15.5 Å². The lowest BCUT2D eigenvalue weighted by Crippen LogP contribution is -2.28. The van der Waals surface area contributed by atoms with E-state index in [1.807, 2.05) is 6.07 Å². The van der Waals surface area contributed by atoms with Crippen molar-refractivity contribution >= 4 is 34.8 Å². The van der Waals surface area contributed by atoms with Crippen LogP contribution in [0.5, 0.6) is 0 Å². The molecule has 136 valence electrons. The van der Waals surface area contributed by atoms with Crippen molar-refractivity contribution < 1.29 is 14.0 Å². The van der Waals surface area contributed by atoms with Gasteiger partial charge in [0.2, 0.25) is 24.1 Å². The maximum absolute atomic E-state index is 12.6. The fourth-order valence-electron chi connectivity index (χ4n) is 3.05. The van der Waals surface area contributed by atoms with Crippen LogP contribution in [-0.4, -0.2) is 28.6 Å². The molecule has 1 unspecified atom stereocenters. The van der Waals surface area contributed by atoms with Crippen LogP contribution < -0.4 is 10.2 Å².